The third kappa shape index (κ3) is 17.6. The Hall–Kier alpha value is -6.22. The van der Waals surface area contributed by atoms with Gasteiger partial charge in [-0.15, -0.1) is 108 Å². The Morgan fingerprint density at radius 2 is 0.757 bits per heavy atom. The van der Waals surface area contributed by atoms with Crippen molar-refractivity contribution in [2.45, 2.75) is 54.6 Å². The number of aromatic nitrogens is 6. The molecule has 0 saturated carbocycles. The number of imidazole rings is 2. The maximum atomic E-state index is 7.00. The smallest absolute Gasteiger partial charge is 0.141 e. The minimum absolute atomic E-state index is 0. The molecule has 0 spiro atoms. The normalized spacial score (nSPS) is 10.3. The van der Waals surface area contributed by atoms with E-state index in [2.05, 4.69) is 146 Å². The Morgan fingerprint density at radius 3 is 1.14 bits per heavy atom. The van der Waals surface area contributed by atoms with Crippen molar-refractivity contribution in [3.63, 3.8) is 0 Å². The van der Waals surface area contributed by atoms with Gasteiger partial charge in [-0.2, -0.15) is 0 Å². The van der Waals surface area contributed by atoms with E-state index in [1.807, 2.05) is 121 Å². The summed E-state index contributed by atoms with van der Waals surface area (Å²) in [5.41, 5.74) is 11.2. The first-order chi connectivity index (χ1) is 33.0. The van der Waals surface area contributed by atoms with Crippen LogP contribution in [0.25, 0.3) is 67.4 Å². The van der Waals surface area contributed by atoms with Gasteiger partial charge in [0.25, 0.3) is 0 Å². The topological polar surface area (TPSA) is 102 Å². The molecule has 0 fully saturated rings. The van der Waals surface area contributed by atoms with Gasteiger partial charge in [-0.3, -0.25) is 4.98 Å². The summed E-state index contributed by atoms with van der Waals surface area (Å²) in [6.07, 6.45) is 3.58. The van der Waals surface area contributed by atoms with Gasteiger partial charge in [0, 0.05) is 85.5 Å². The van der Waals surface area contributed by atoms with Gasteiger partial charge in [-0.25, -0.2) is 4.98 Å². The molecule has 0 aliphatic heterocycles. The SMILES string of the molecule is CC(C)(C)Cn1c(-c2[c-]cccc2)nc2ccccc21.CC(C)(C)Cn1c(-c2ccccc2)nc2ccccc21.CO.CO.[Ir].[Ir].[c-]1ccccc1-c1ccccn1.[c-]1ccccc1-c1ccccn1. The summed E-state index contributed by atoms with van der Waals surface area (Å²) in [6, 6.07) is 72.1. The first kappa shape index (κ1) is 58.1. The number of hydrogen-bond acceptors (Lipinski definition) is 6. The zero-order chi connectivity index (χ0) is 48.8. The van der Waals surface area contributed by atoms with Crippen LogP contribution in [0.1, 0.15) is 41.5 Å². The molecule has 366 valence electrons. The van der Waals surface area contributed by atoms with Gasteiger partial charge in [-0.05, 0) is 58.6 Å². The van der Waals surface area contributed by atoms with E-state index < -0.39 is 0 Å². The average molecular weight is 1280 g/mol. The number of hydrogen-bond donors (Lipinski definition) is 2. The monoisotopic (exact) mass is 1290 g/mol. The van der Waals surface area contributed by atoms with Crippen molar-refractivity contribution in [3.05, 3.63) is 219 Å². The number of nitrogens with zero attached hydrogens (tertiary/aromatic N) is 6. The molecule has 4 heterocycles. The molecule has 0 aliphatic rings. The van der Waals surface area contributed by atoms with Crippen LogP contribution in [0.5, 0.6) is 0 Å². The van der Waals surface area contributed by atoms with Crippen molar-refractivity contribution in [1.29, 1.82) is 0 Å². The summed E-state index contributed by atoms with van der Waals surface area (Å²) in [4.78, 5) is 18.1. The number of fused-ring (bicyclic) bond motifs is 2. The van der Waals surface area contributed by atoms with E-state index in [1.165, 1.54) is 16.6 Å². The van der Waals surface area contributed by atoms with Crippen molar-refractivity contribution in [2.75, 3.05) is 14.2 Å². The Morgan fingerprint density at radius 1 is 0.400 bits per heavy atom. The quantitative estimate of drug-likeness (QED) is 0.161. The molecule has 10 heteroatoms. The summed E-state index contributed by atoms with van der Waals surface area (Å²) in [7, 11) is 2.00. The number of para-hydroxylation sites is 4. The Labute approximate surface area is 442 Å². The van der Waals surface area contributed by atoms with Crippen LogP contribution in [-0.4, -0.2) is 53.5 Å². The van der Waals surface area contributed by atoms with Crippen LogP contribution in [-0.2, 0) is 53.3 Å². The minimum atomic E-state index is 0. The Balaban J connectivity index is 0.000000244. The summed E-state index contributed by atoms with van der Waals surface area (Å²) in [5.74, 6) is 2.06. The molecule has 2 N–H and O–H groups in total. The molecule has 0 saturated heterocycles. The third-order valence-electron chi connectivity index (χ3n) is 9.86. The number of aliphatic hydroxyl groups excluding tert-OH is 2. The van der Waals surface area contributed by atoms with E-state index in [0.717, 1.165) is 78.1 Å². The van der Waals surface area contributed by atoms with Crippen LogP contribution < -0.4 is 0 Å². The van der Waals surface area contributed by atoms with Crippen molar-refractivity contribution < 1.29 is 50.4 Å². The zero-order valence-corrected chi connectivity index (χ0v) is 46.0. The second-order valence-electron chi connectivity index (χ2n) is 17.8. The van der Waals surface area contributed by atoms with E-state index in [1.54, 1.807) is 12.4 Å². The molecule has 0 atom stereocenters. The van der Waals surface area contributed by atoms with Crippen LogP contribution >= 0.6 is 0 Å². The van der Waals surface area contributed by atoms with Crippen molar-refractivity contribution >= 4 is 22.1 Å². The van der Waals surface area contributed by atoms with E-state index in [4.69, 9.17) is 20.2 Å². The fraction of sp³-hybridized carbons (Fsp3) is 0.200. The van der Waals surface area contributed by atoms with E-state index in [-0.39, 0.29) is 51.0 Å². The molecule has 0 amide bonds. The van der Waals surface area contributed by atoms with Crippen LogP contribution in [0.3, 0.4) is 0 Å². The summed E-state index contributed by atoms with van der Waals surface area (Å²) < 4.78 is 4.64. The Bertz CT molecular complexity index is 2660. The van der Waals surface area contributed by atoms with Crippen molar-refractivity contribution in [2.24, 2.45) is 10.8 Å². The predicted octanol–water partition coefficient (Wildman–Crippen LogP) is 13.6. The van der Waals surface area contributed by atoms with Crippen LogP contribution in [0.2, 0.25) is 0 Å². The van der Waals surface area contributed by atoms with Crippen LogP contribution in [0.4, 0.5) is 0 Å². The maximum absolute atomic E-state index is 7.00. The van der Waals surface area contributed by atoms with Gasteiger partial charge in [0.2, 0.25) is 0 Å². The molecule has 0 aliphatic carbocycles. The van der Waals surface area contributed by atoms with Gasteiger partial charge >= 0.3 is 0 Å². The molecule has 0 unspecified atom stereocenters. The standard InChI is InChI=1S/C18H20N2.C18H19N2.2C11H8N.2CH4O.2Ir/c2*1-18(2,3)13-20-16-12-8-7-11-15(16)19-17(20)14-9-5-4-6-10-14;2*1-2-6-10(7-3-1)11-8-4-5-9-12-11;2*1-2;;/h4-12H,13H2,1-3H3;4-9,11-12H,13H2,1-3H3;2*1-6,8-9H;2*2H,1H3;;/q;3*-1;;;;. The van der Waals surface area contributed by atoms with Gasteiger partial charge < -0.3 is 29.3 Å². The number of benzene rings is 6. The van der Waals surface area contributed by atoms with Gasteiger partial charge in [0.1, 0.15) is 5.82 Å². The maximum Gasteiger partial charge on any atom is 0.141 e. The fourth-order valence-electron chi connectivity index (χ4n) is 7.11. The van der Waals surface area contributed by atoms with E-state index in [0.29, 0.717) is 0 Å². The van der Waals surface area contributed by atoms with Crippen LogP contribution in [0.15, 0.2) is 200 Å². The zero-order valence-electron chi connectivity index (χ0n) is 41.2. The first-order valence-corrected chi connectivity index (χ1v) is 22.6. The molecule has 4 aromatic heterocycles. The predicted molar refractivity (Wildman–Crippen MR) is 281 cm³/mol. The van der Waals surface area contributed by atoms with E-state index in [9.17, 15) is 0 Å². The first-order valence-electron chi connectivity index (χ1n) is 22.6. The van der Waals surface area contributed by atoms with Gasteiger partial charge in [0.15, 0.2) is 0 Å². The summed E-state index contributed by atoms with van der Waals surface area (Å²) in [5, 5.41) is 14.0. The van der Waals surface area contributed by atoms with Crippen LogP contribution in [0, 0.1) is 29.0 Å². The molecule has 8 nitrogen and oxygen atoms in total. The molecule has 10 aromatic rings. The second kappa shape index (κ2) is 29.7. The average Bonchev–Trinajstić information content (AvgIpc) is 3.94. The molecular formula is C60H63Ir2N6O2-3. The van der Waals surface area contributed by atoms with Gasteiger partial charge in [-0.1, -0.05) is 120 Å². The third-order valence-corrected chi connectivity index (χ3v) is 9.86. The number of pyridine rings is 2. The van der Waals surface area contributed by atoms with Crippen molar-refractivity contribution in [1.82, 2.24) is 29.1 Å². The molecule has 70 heavy (non-hydrogen) atoms. The largest absolute Gasteiger partial charge is 0.400 e. The van der Waals surface area contributed by atoms with Crippen molar-refractivity contribution in [3.8, 4) is 45.3 Å². The minimum Gasteiger partial charge on any atom is -0.400 e. The summed E-state index contributed by atoms with van der Waals surface area (Å²) >= 11 is 0. The fourth-order valence-corrected chi connectivity index (χ4v) is 7.11. The second-order valence-corrected chi connectivity index (χ2v) is 17.8. The molecular weight excluding hydrogens is 1220 g/mol. The molecule has 0 bridgehead atoms. The van der Waals surface area contributed by atoms with Gasteiger partial charge in [0.05, 0.1) is 27.9 Å². The Kier molecular flexibility index (Phi) is 24.7. The number of aliphatic hydroxyl groups is 2. The molecule has 2 radical (unpaired) electrons. The number of rotatable bonds is 6. The summed E-state index contributed by atoms with van der Waals surface area (Å²) in [6.45, 7) is 15.4. The molecule has 10 rings (SSSR count). The molecule has 6 aromatic carbocycles. The van der Waals surface area contributed by atoms with E-state index >= 15 is 0 Å².